The van der Waals surface area contributed by atoms with E-state index in [-0.39, 0.29) is 24.4 Å². The van der Waals surface area contributed by atoms with Crippen molar-refractivity contribution in [3.63, 3.8) is 0 Å². The highest BCUT2D eigenvalue weighted by molar-refractivity contribution is 7.89. The van der Waals surface area contributed by atoms with E-state index in [9.17, 15) is 13.2 Å². The molecule has 2 heterocycles. The number of halogens is 1. The zero-order valence-corrected chi connectivity index (χ0v) is 15.9. The van der Waals surface area contributed by atoms with Crippen molar-refractivity contribution < 1.29 is 13.2 Å². The quantitative estimate of drug-likeness (QED) is 0.833. The monoisotopic (exact) mass is 385 g/mol. The number of anilines is 1. The summed E-state index contributed by atoms with van der Waals surface area (Å²) >= 11 is 0. The Morgan fingerprint density at radius 1 is 1.24 bits per heavy atom. The molecule has 1 aromatic carbocycles. The van der Waals surface area contributed by atoms with Crippen molar-refractivity contribution in [2.24, 2.45) is 17.6 Å². The predicted molar refractivity (Wildman–Crippen MR) is 98.4 cm³/mol. The number of fused-ring (bicyclic) bond motifs is 2. The summed E-state index contributed by atoms with van der Waals surface area (Å²) in [7, 11) is -3.49. The Hall–Kier alpha value is -1.15. The minimum atomic E-state index is -3.49. The number of hydrogen-bond acceptors (Lipinski definition) is 4. The van der Waals surface area contributed by atoms with Gasteiger partial charge in [-0.05, 0) is 54.9 Å². The molecule has 1 amide bonds. The molecule has 0 radical (unpaired) electrons. The molecule has 0 aromatic heterocycles. The van der Waals surface area contributed by atoms with Crippen molar-refractivity contribution in [1.82, 2.24) is 4.31 Å². The van der Waals surface area contributed by atoms with Crippen LogP contribution in [0, 0.1) is 11.8 Å². The molecule has 1 saturated carbocycles. The first-order chi connectivity index (χ1) is 11.4. The Labute approximate surface area is 154 Å². The summed E-state index contributed by atoms with van der Waals surface area (Å²) in [6, 6.07) is 5.25. The van der Waals surface area contributed by atoms with Gasteiger partial charge < -0.3 is 10.6 Å². The van der Waals surface area contributed by atoms with Crippen molar-refractivity contribution in [1.29, 1.82) is 0 Å². The van der Waals surface area contributed by atoms with Gasteiger partial charge in [-0.25, -0.2) is 8.42 Å². The van der Waals surface area contributed by atoms with Crippen molar-refractivity contribution in [3.8, 4) is 0 Å². The van der Waals surface area contributed by atoms with Crippen LogP contribution in [0.4, 0.5) is 5.69 Å². The van der Waals surface area contributed by atoms with E-state index in [2.05, 4.69) is 0 Å². The fourth-order valence-corrected chi connectivity index (χ4v) is 6.06. The standard InChI is InChI=1S/C17H23N3O3S.ClH/c1-11(21)20-7-6-12-8-14(3-5-17(12)20)24(22,23)19-9-13-2-4-16(18)15(13)10-19;/h3,5,8,13,15-16H,2,4,6-7,9-10,18H2,1H3;1H. The summed E-state index contributed by atoms with van der Waals surface area (Å²) < 4.78 is 27.6. The molecule has 6 nitrogen and oxygen atoms in total. The second kappa shape index (κ2) is 6.54. The third kappa shape index (κ3) is 2.97. The van der Waals surface area contributed by atoms with Gasteiger partial charge in [0.05, 0.1) is 4.90 Å². The van der Waals surface area contributed by atoms with Crippen molar-refractivity contribution in [2.75, 3.05) is 24.5 Å². The Balaban J connectivity index is 0.00000182. The lowest BCUT2D eigenvalue weighted by Gasteiger charge is -2.20. The molecular weight excluding hydrogens is 362 g/mol. The van der Waals surface area contributed by atoms with E-state index in [1.807, 2.05) is 0 Å². The molecule has 8 heteroatoms. The summed E-state index contributed by atoms with van der Waals surface area (Å²) in [5.74, 6) is 0.686. The predicted octanol–water partition coefficient (Wildman–Crippen LogP) is 1.38. The van der Waals surface area contributed by atoms with Gasteiger partial charge >= 0.3 is 0 Å². The van der Waals surface area contributed by atoms with Crippen molar-refractivity contribution in [2.45, 2.75) is 37.1 Å². The highest BCUT2D eigenvalue weighted by Gasteiger charge is 2.45. The molecule has 3 aliphatic rings. The maximum Gasteiger partial charge on any atom is 0.243 e. The number of rotatable bonds is 2. The number of amides is 1. The van der Waals surface area contributed by atoms with Gasteiger partial charge in [0, 0.05) is 38.3 Å². The molecule has 3 unspecified atom stereocenters. The fraction of sp³-hybridized carbons (Fsp3) is 0.588. The lowest BCUT2D eigenvalue weighted by atomic mass is 9.98. The SMILES string of the molecule is CC(=O)N1CCc2cc(S(=O)(=O)N3CC4CCC(N)C4C3)ccc21.Cl. The van der Waals surface area contributed by atoms with Crippen LogP contribution in [0.2, 0.25) is 0 Å². The fourth-order valence-electron chi connectivity index (χ4n) is 4.48. The Morgan fingerprint density at radius 3 is 2.68 bits per heavy atom. The smallest absolute Gasteiger partial charge is 0.243 e. The van der Waals surface area contributed by atoms with E-state index in [1.165, 1.54) is 6.92 Å². The third-order valence-corrected chi connectivity index (χ3v) is 7.67. The Morgan fingerprint density at radius 2 is 2.00 bits per heavy atom. The first-order valence-electron chi connectivity index (χ1n) is 8.54. The molecule has 1 saturated heterocycles. The molecular formula is C17H24ClN3O3S. The highest BCUT2D eigenvalue weighted by atomic mass is 35.5. The first-order valence-corrected chi connectivity index (χ1v) is 9.98. The maximum absolute atomic E-state index is 13.0. The van der Waals surface area contributed by atoms with Crippen LogP contribution in [-0.2, 0) is 21.2 Å². The topological polar surface area (TPSA) is 83.7 Å². The van der Waals surface area contributed by atoms with Gasteiger partial charge in [-0.2, -0.15) is 4.31 Å². The number of hydrogen-bond donors (Lipinski definition) is 1. The van der Waals surface area contributed by atoms with Gasteiger partial charge in [0.15, 0.2) is 0 Å². The molecule has 1 aliphatic carbocycles. The van der Waals surface area contributed by atoms with Gasteiger partial charge in [-0.1, -0.05) is 0 Å². The van der Waals surface area contributed by atoms with Crippen LogP contribution in [0.1, 0.15) is 25.3 Å². The molecule has 1 aromatic rings. The van der Waals surface area contributed by atoms with E-state index in [4.69, 9.17) is 5.73 Å². The molecule has 25 heavy (non-hydrogen) atoms. The number of benzene rings is 1. The molecule has 3 atom stereocenters. The van der Waals surface area contributed by atoms with Crippen LogP contribution in [0.3, 0.4) is 0 Å². The second-order valence-electron chi connectivity index (χ2n) is 7.20. The van der Waals surface area contributed by atoms with Gasteiger partial charge in [0.2, 0.25) is 15.9 Å². The highest BCUT2D eigenvalue weighted by Crippen LogP contribution is 2.40. The van der Waals surface area contributed by atoms with Crippen LogP contribution >= 0.6 is 12.4 Å². The minimum absolute atomic E-state index is 0. The van der Waals surface area contributed by atoms with Crippen LogP contribution in [0.15, 0.2) is 23.1 Å². The van der Waals surface area contributed by atoms with Gasteiger partial charge in [-0.3, -0.25) is 4.79 Å². The average molecular weight is 386 g/mol. The van der Waals surface area contributed by atoms with E-state index >= 15 is 0 Å². The summed E-state index contributed by atoms with van der Waals surface area (Å²) in [6.07, 6.45) is 2.73. The molecule has 0 spiro atoms. The Kier molecular flexibility index (Phi) is 4.87. The van der Waals surface area contributed by atoms with E-state index in [1.54, 1.807) is 27.4 Å². The molecule has 0 bridgehead atoms. The summed E-state index contributed by atoms with van der Waals surface area (Å²) in [5, 5.41) is 0. The Bertz CT molecular complexity index is 798. The van der Waals surface area contributed by atoms with E-state index in [0.717, 1.165) is 24.1 Å². The molecule has 138 valence electrons. The lowest BCUT2D eigenvalue weighted by Crippen LogP contribution is -2.33. The zero-order valence-electron chi connectivity index (χ0n) is 14.2. The zero-order chi connectivity index (χ0) is 17.1. The average Bonchev–Trinajstić information content (AvgIpc) is 3.22. The van der Waals surface area contributed by atoms with Crippen LogP contribution in [-0.4, -0.2) is 44.3 Å². The molecule has 2 fully saturated rings. The minimum Gasteiger partial charge on any atom is -0.327 e. The van der Waals surface area contributed by atoms with Crippen LogP contribution in [0.25, 0.3) is 0 Å². The molecule has 2 aliphatic heterocycles. The largest absolute Gasteiger partial charge is 0.327 e. The second-order valence-corrected chi connectivity index (χ2v) is 9.14. The summed E-state index contributed by atoms with van der Waals surface area (Å²) in [6.45, 7) is 3.27. The number of nitrogens with zero attached hydrogens (tertiary/aromatic N) is 2. The van der Waals surface area contributed by atoms with Crippen molar-refractivity contribution >= 4 is 34.0 Å². The molecule has 4 rings (SSSR count). The maximum atomic E-state index is 13.0. The normalized spacial score (nSPS) is 28.6. The van der Waals surface area contributed by atoms with Crippen LogP contribution in [0.5, 0.6) is 0 Å². The van der Waals surface area contributed by atoms with Gasteiger partial charge in [-0.15, -0.1) is 12.4 Å². The first kappa shape index (κ1) is 18.6. The van der Waals surface area contributed by atoms with E-state index < -0.39 is 10.0 Å². The molecule has 2 N–H and O–H groups in total. The number of carbonyl (C=O) groups excluding carboxylic acids is 1. The van der Waals surface area contributed by atoms with Crippen LogP contribution < -0.4 is 10.6 Å². The lowest BCUT2D eigenvalue weighted by molar-refractivity contribution is -0.116. The number of nitrogens with two attached hydrogens (primary N) is 1. The van der Waals surface area contributed by atoms with E-state index in [0.29, 0.717) is 42.8 Å². The summed E-state index contributed by atoms with van der Waals surface area (Å²) in [5.41, 5.74) is 7.89. The van der Waals surface area contributed by atoms with Gasteiger partial charge in [0.1, 0.15) is 0 Å². The number of carbonyl (C=O) groups is 1. The van der Waals surface area contributed by atoms with Crippen molar-refractivity contribution in [3.05, 3.63) is 23.8 Å². The summed E-state index contributed by atoms with van der Waals surface area (Å²) in [4.78, 5) is 13.7. The van der Waals surface area contributed by atoms with Gasteiger partial charge in [0.25, 0.3) is 0 Å². The number of sulfonamides is 1. The third-order valence-electron chi connectivity index (χ3n) is 5.84.